The van der Waals surface area contributed by atoms with Crippen molar-refractivity contribution in [2.24, 2.45) is 0 Å². The van der Waals surface area contributed by atoms with Gasteiger partial charge < -0.3 is 19.3 Å². The Hall–Kier alpha value is -2.50. The first-order valence-electron chi connectivity index (χ1n) is 9.97. The maximum atomic E-state index is 9.94. The normalized spacial score (nSPS) is 23.9. The highest BCUT2D eigenvalue weighted by Crippen LogP contribution is 2.38. The molecular formula is C25H26O4. The van der Waals surface area contributed by atoms with E-state index in [2.05, 4.69) is 0 Å². The third kappa shape index (κ3) is 4.92. The average Bonchev–Trinajstić information content (AvgIpc) is 3.16. The first-order valence-corrected chi connectivity index (χ1v) is 9.97. The summed E-state index contributed by atoms with van der Waals surface area (Å²) in [5.41, 5.74) is 3.19. The summed E-state index contributed by atoms with van der Waals surface area (Å²) in [6, 6.07) is 30.1. The van der Waals surface area contributed by atoms with Crippen molar-refractivity contribution in [3.8, 4) is 0 Å². The summed E-state index contributed by atoms with van der Waals surface area (Å²) >= 11 is 0. The van der Waals surface area contributed by atoms with Gasteiger partial charge in [-0.05, 0) is 16.7 Å². The molecule has 150 valence electrons. The molecule has 0 spiro atoms. The minimum Gasteiger partial charge on any atom is -0.394 e. The van der Waals surface area contributed by atoms with E-state index in [0.29, 0.717) is 13.2 Å². The summed E-state index contributed by atoms with van der Waals surface area (Å²) in [6.45, 7) is 0.785. The Morgan fingerprint density at radius 3 is 1.66 bits per heavy atom. The molecule has 1 fully saturated rings. The van der Waals surface area contributed by atoms with Gasteiger partial charge in [0.2, 0.25) is 0 Å². The molecule has 4 nitrogen and oxygen atoms in total. The predicted octanol–water partition coefficient (Wildman–Crippen LogP) is 4.29. The molecule has 1 aliphatic heterocycles. The molecule has 1 aliphatic rings. The molecule has 4 rings (SSSR count). The SMILES string of the molecule is OC[C@@H]1O[C@H](c2ccccc2)[C@@H](OCc2ccccc2)[C@@H]1OCc1ccccc1. The number of hydrogen-bond acceptors (Lipinski definition) is 4. The summed E-state index contributed by atoms with van der Waals surface area (Å²) in [7, 11) is 0. The zero-order valence-corrected chi connectivity index (χ0v) is 16.3. The summed E-state index contributed by atoms with van der Waals surface area (Å²) in [5.74, 6) is 0. The van der Waals surface area contributed by atoms with E-state index in [4.69, 9.17) is 14.2 Å². The van der Waals surface area contributed by atoms with Gasteiger partial charge in [0.25, 0.3) is 0 Å². The van der Waals surface area contributed by atoms with Gasteiger partial charge in [0.15, 0.2) is 0 Å². The highest BCUT2D eigenvalue weighted by molar-refractivity contribution is 5.22. The molecule has 29 heavy (non-hydrogen) atoms. The molecule has 3 aromatic rings. The van der Waals surface area contributed by atoms with E-state index in [1.165, 1.54) is 0 Å². The van der Waals surface area contributed by atoms with Crippen LogP contribution >= 0.6 is 0 Å². The molecule has 1 N–H and O–H groups in total. The van der Waals surface area contributed by atoms with Crippen LogP contribution in [0.15, 0.2) is 91.0 Å². The lowest BCUT2D eigenvalue weighted by Gasteiger charge is -2.25. The van der Waals surface area contributed by atoms with Crippen LogP contribution in [0.4, 0.5) is 0 Å². The quantitative estimate of drug-likeness (QED) is 0.623. The van der Waals surface area contributed by atoms with Crippen LogP contribution < -0.4 is 0 Å². The zero-order valence-electron chi connectivity index (χ0n) is 16.3. The molecular weight excluding hydrogens is 364 g/mol. The Morgan fingerprint density at radius 1 is 0.655 bits per heavy atom. The van der Waals surface area contributed by atoms with Crippen molar-refractivity contribution in [1.82, 2.24) is 0 Å². The van der Waals surface area contributed by atoms with Crippen LogP contribution in [0.25, 0.3) is 0 Å². The van der Waals surface area contributed by atoms with E-state index in [0.717, 1.165) is 16.7 Å². The summed E-state index contributed by atoms with van der Waals surface area (Å²) in [4.78, 5) is 0. The van der Waals surface area contributed by atoms with Gasteiger partial charge in [-0.25, -0.2) is 0 Å². The van der Waals surface area contributed by atoms with E-state index in [1.54, 1.807) is 0 Å². The fraction of sp³-hybridized carbons (Fsp3) is 0.280. The van der Waals surface area contributed by atoms with E-state index in [-0.39, 0.29) is 24.9 Å². The van der Waals surface area contributed by atoms with Gasteiger partial charge in [0.1, 0.15) is 24.4 Å². The van der Waals surface area contributed by atoms with Gasteiger partial charge in [0, 0.05) is 0 Å². The van der Waals surface area contributed by atoms with Crippen molar-refractivity contribution in [3.05, 3.63) is 108 Å². The van der Waals surface area contributed by atoms with Gasteiger partial charge in [0.05, 0.1) is 19.8 Å². The first kappa shape index (κ1) is 19.8. The van der Waals surface area contributed by atoms with Crippen LogP contribution in [0.5, 0.6) is 0 Å². The maximum absolute atomic E-state index is 9.94. The van der Waals surface area contributed by atoms with Crippen molar-refractivity contribution in [2.75, 3.05) is 6.61 Å². The zero-order chi connectivity index (χ0) is 19.9. The maximum Gasteiger partial charge on any atom is 0.117 e. The second-order valence-electron chi connectivity index (χ2n) is 7.21. The Morgan fingerprint density at radius 2 is 1.14 bits per heavy atom. The third-order valence-corrected chi connectivity index (χ3v) is 5.19. The highest BCUT2D eigenvalue weighted by Gasteiger charge is 2.46. The van der Waals surface area contributed by atoms with Crippen molar-refractivity contribution < 1.29 is 19.3 Å². The van der Waals surface area contributed by atoms with Gasteiger partial charge in [-0.15, -0.1) is 0 Å². The highest BCUT2D eigenvalue weighted by atomic mass is 16.6. The molecule has 3 aromatic carbocycles. The molecule has 0 amide bonds. The largest absolute Gasteiger partial charge is 0.394 e. The molecule has 0 aliphatic carbocycles. The van der Waals surface area contributed by atoms with Gasteiger partial charge in [-0.1, -0.05) is 91.0 Å². The molecule has 4 atom stereocenters. The number of rotatable bonds is 8. The number of benzene rings is 3. The smallest absolute Gasteiger partial charge is 0.117 e. The average molecular weight is 390 g/mol. The van der Waals surface area contributed by atoms with E-state index < -0.39 is 6.10 Å². The second-order valence-corrected chi connectivity index (χ2v) is 7.21. The second kappa shape index (κ2) is 9.81. The third-order valence-electron chi connectivity index (χ3n) is 5.19. The van der Waals surface area contributed by atoms with E-state index >= 15 is 0 Å². The predicted molar refractivity (Wildman–Crippen MR) is 111 cm³/mol. The number of hydrogen-bond donors (Lipinski definition) is 1. The summed E-state index contributed by atoms with van der Waals surface area (Å²) in [5, 5.41) is 9.94. The van der Waals surface area contributed by atoms with Crippen LogP contribution in [0.1, 0.15) is 22.8 Å². The van der Waals surface area contributed by atoms with Crippen LogP contribution in [0, 0.1) is 0 Å². The molecule has 4 heteroatoms. The Balaban J connectivity index is 1.54. The summed E-state index contributed by atoms with van der Waals surface area (Å²) in [6.07, 6.45) is -1.42. The molecule has 0 saturated carbocycles. The van der Waals surface area contributed by atoms with Crippen LogP contribution in [0.2, 0.25) is 0 Å². The minimum atomic E-state index is -0.440. The van der Waals surface area contributed by atoms with Crippen molar-refractivity contribution in [3.63, 3.8) is 0 Å². The van der Waals surface area contributed by atoms with Crippen LogP contribution in [0.3, 0.4) is 0 Å². The molecule has 0 unspecified atom stereocenters. The fourth-order valence-corrected chi connectivity index (χ4v) is 3.70. The van der Waals surface area contributed by atoms with Gasteiger partial charge in [-0.2, -0.15) is 0 Å². The standard InChI is InChI=1S/C25H26O4/c26-16-22-24(27-17-19-10-4-1-5-11-19)25(28-18-20-12-6-2-7-13-20)23(29-22)21-14-8-3-9-15-21/h1-15,22-26H,16-18H2/t22-,23+,24+,25+/m0/s1. The van der Waals surface area contributed by atoms with E-state index in [9.17, 15) is 5.11 Å². The van der Waals surface area contributed by atoms with Crippen LogP contribution in [-0.4, -0.2) is 30.0 Å². The lowest BCUT2D eigenvalue weighted by atomic mass is 10.0. The number of aliphatic hydroxyl groups excluding tert-OH is 1. The van der Waals surface area contributed by atoms with Crippen molar-refractivity contribution in [2.45, 2.75) is 37.6 Å². The summed E-state index contributed by atoms with van der Waals surface area (Å²) < 4.78 is 18.8. The Bertz CT molecular complexity index is 854. The molecule has 1 saturated heterocycles. The fourth-order valence-electron chi connectivity index (χ4n) is 3.70. The minimum absolute atomic E-state index is 0.117. The number of ether oxygens (including phenoxy) is 3. The van der Waals surface area contributed by atoms with E-state index in [1.807, 2.05) is 91.0 Å². The van der Waals surface area contributed by atoms with Crippen LogP contribution in [-0.2, 0) is 27.4 Å². The topological polar surface area (TPSA) is 47.9 Å². The molecule has 0 radical (unpaired) electrons. The molecule has 0 bridgehead atoms. The lowest BCUT2D eigenvalue weighted by Crippen LogP contribution is -2.37. The van der Waals surface area contributed by atoms with Gasteiger partial charge >= 0.3 is 0 Å². The van der Waals surface area contributed by atoms with Crippen molar-refractivity contribution in [1.29, 1.82) is 0 Å². The Labute approximate surface area is 171 Å². The monoisotopic (exact) mass is 390 g/mol. The first-order chi connectivity index (χ1) is 14.3. The Kier molecular flexibility index (Phi) is 6.70. The molecule has 1 heterocycles. The van der Waals surface area contributed by atoms with Gasteiger partial charge in [-0.3, -0.25) is 0 Å². The number of aliphatic hydroxyl groups is 1. The van der Waals surface area contributed by atoms with Crippen molar-refractivity contribution >= 4 is 0 Å². The lowest BCUT2D eigenvalue weighted by molar-refractivity contribution is -0.0835. The molecule has 0 aromatic heterocycles.